The fourth-order valence-corrected chi connectivity index (χ4v) is 3.29. The van der Waals surface area contributed by atoms with Gasteiger partial charge in [-0.2, -0.15) is 0 Å². The van der Waals surface area contributed by atoms with Crippen molar-refractivity contribution >= 4 is 11.8 Å². The van der Waals surface area contributed by atoms with Crippen LogP contribution in [-0.4, -0.2) is 35.5 Å². The number of imide groups is 1. The van der Waals surface area contributed by atoms with Gasteiger partial charge in [0.05, 0.1) is 31.6 Å². The van der Waals surface area contributed by atoms with E-state index < -0.39 is 6.10 Å². The minimum atomic E-state index is -0.871. The number of rotatable bonds is 4. The van der Waals surface area contributed by atoms with E-state index in [-0.39, 0.29) is 35.6 Å². The number of benzene rings is 1. The van der Waals surface area contributed by atoms with Crippen molar-refractivity contribution in [2.75, 3.05) is 13.7 Å². The zero-order chi connectivity index (χ0) is 15.4. The Morgan fingerprint density at radius 1 is 1.19 bits per heavy atom. The highest BCUT2D eigenvalue weighted by atomic mass is 16.5. The number of hydrogen-bond donors (Lipinski definition) is 1. The van der Waals surface area contributed by atoms with Crippen molar-refractivity contribution in [3.63, 3.8) is 0 Å². The summed E-state index contributed by atoms with van der Waals surface area (Å²) in [7, 11) is 1.57. The monoisotopic (exact) mass is 289 g/mol. The van der Waals surface area contributed by atoms with Crippen LogP contribution in [-0.2, 0) is 9.59 Å². The summed E-state index contributed by atoms with van der Waals surface area (Å²) in [5, 5.41) is 10.2. The molecule has 1 aromatic carbocycles. The zero-order valence-electron chi connectivity index (χ0n) is 12.4. The molecule has 1 saturated heterocycles. The third-order valence-electron chi connectivity index (χ3n) is 4.75. The van der Waals surface area contributed by atoms with Crippen molar-refractivity contribution in [2.24, 2.45) is 17.3 Å². The molecule has 1 aliphatic carbocycles. The topological polar surface area (TPSA) is 66.8 Å². The third kappa shape index (κ3) is 2.03. The van der Waals surface area contributed by atoms with Crippen LogP contribution < -0.4 is 4.74 Å². The second kappa shape index (κ2) is 4.56. The van der Waals surface area contributed by atoms with Gasteiger partial charge in [0.15, 0.2) is 0 Å². The van der Waals surface area contributed by atoms with E-state index in [1.54, 1.807) is 31.4 Å². The molecule has 0 radical (unpaired) electrons. The third-order valence-corrected chi connectivity index (χ3v) is 4.75. The second-order valence-electron chi connectivity index (χ2n) is 6.35. The number of aliphatic hydroxyl groups excluding tert-OH is 1. The normalized spacial score (nSPS) is 27.5. The molecule has 112 valence electrons. The van der Waals surface area contributed by atoms with Gasteiger partial charge in [-0.3, -0.25) is 14.5 Å². The molecule has 1 N–H and O–H groups in total. The van der Waals surface area contributed by atoms with Crippen molar-refractivity contribution < 1.29 is 19.4 Å². The Hall–Kier alpha value is -1.88. The predicted molar refractivity (Wildman–Crippen MR) is 75.4 cm³/mol. The number of ether oxygens (including phenoxy) is 1. The smallest absolute Gasteiger partial charge is 0.233 e. The Bertz CT molecular complexity index is 569. The maximum Gasteiger partial charge on any atom is 0.233 e. The van der Waals surface area contributed by atoms with Crippen LogP contribution in [0.2, 0.25) is 0 Å². The summed E-state index contributed by atoms with van der Waals surface area (Å²) in [6.45, 7) is 3.90. The lowest BCUT2D eigenvalue weighted by atomic mass is 10.0. The Balaban J connectivity index is 1.70. The van der Waals surface area contributed by atoms with E-state index in [9.17, 15) is 14.7 Å². The van der Waals surface area contributed by atoms with Crippen molar-refractivity contribution in [3.05, 3.63) is 29.8 Å². The van der Waals surface area contributed by atoms with E-state index in [1.165, 1.54) is 4.90 Å². The largest absolute Gasteiger partial charge is 0.497 e. The Labute approximate surface area is 123 Å². The fraction of sp³-hybridized carbons (Fsp3) is 0.500. The summed E-state index contributed by atoms with van der Waals surface area (Å²) in [6.07, 6.45) is -0.871. The predicted octanol–water partition coefficient (Wildman–Crippen LogP) is 1.37. The van der Waals surface area contributed by atoms with Gasteiger partial charge in [0.25, 0.3) is 0 Å². The number of aliphatic hydroxyl groups is 1. The lowest BCUT2D eigenvalue weighted by Crippen LogP contribution is -2.39. The van der Waals surface area contributed by atoms with Gasteiger partial charge in [-0.1, -0.05) is 26.0 Å². The van der Waals surface area contributed by atoms with Gasteiger partial charge in [-0.15, -0.1) is 0 Å². The molecular weight excluding hydrogens is 270 g/mol. The van der Waals surface area contributed by atoms with E-state index in [4.69, 9.17) is 4.74 Å². The first-order valence-corrected chi connectivity index (χ1v) is 7.05. The minimum Gasteiger partial charge on any atom is -0.497 e. The van der Waals surface area contributed by atoms with Gasteiger partial charge in [0.2, 0.25) is 11.8 Å². The molecule has 0 spiro atoms. The molecule has 3 unspecified atom stereocenters. The molecule has 0 aromatic heterocycles. The molecule has 3 rings (SSSR count). The van der Waals surface area contributed by atoms with Gasteiger partial charge >= 0.3 is 0 Å². The SMILES string of the molecule is COc1ccc(C(O)CN2C(=O)C3C(C2=O)C3(C)C)cc1. The van der Waals surface area contributed by atoms with Crippen LogP contribution in [0, 0.1) is 17.3 Å². The average Bonchev–Trinajstić information content (AvgIpc) is 2.95. The summed E-state index contributed by atoms with van der Waals surface area (Å²) in [4.78, 5) is 25.6. The molecule has 21 heavy (non-hydrogen) atoms. The van der Waals surface area contributed by atoms with Gasteiger partial charge in [0.1, 0.15) is 5.75 Å². The maximum absolute atomic E-state index is 12.2. The molecule has 3 atom stereocenters. The number of likely N-dealkylation sites (tertiary alicyclic amines) is 1. The highest BCUT2D eigenvalue weighted by molar-refractivity contribution is 6.10. The molecule has 2 amide bonds. The first kappa shape index (κ1) is 14.1. The number of methoxy groups -OCH3 is 1. The molecule has 0 bridgehead atoms. The van der Waals surface area contributed by atoms with E-state index >= 15 is 0 Å². The lowest BCUT2D eigenvalue weighted by molar-refractivity contribution is -0.144. The van der Waals surface area contributed by atoms with E-state index in [2.05, 4.69) is 0 Å². The van der Waals surface area contributed by atoms with Crippen molar-refractivity contribution in [3.8, 4) is 5.75 Å². The summed E-state index contributed by atoms with van der Waals surface area (Å²) < 4.78 is 5.06. The van der Waals surface area contributed by atoms with Crippen molar-refractivity contribution in [1.82, 2.24) is 4.90 Å². The number of hydrogen-bond acceptors (Lipinski definition) is 4. The highest BCUT2D eigenvalue weighted by Gasteiger charge is 2.72. The Morgan fingerprint density at radius 3 is 2.19 bits per heavy atom. The first-order valence-electron chi connectivity index (χ1n) is 7.05. The van der Waals surface area contributed by atoms with Crippen LogP contribution in [0.5, 0.6) is 5.75 Å². The van der Waals surface area contributed by atoms with Gasteiger partial charge in [0, 0.05) is 0 Å². The molecule has 2 aliphatic rings. The average molecular weight is 289 g/mol. The molecule has 1 aliphatic heterocycles. The molecule has 5 nitrogen and oxygen atoms in total. The summed E-state index contributed by atoms with van der Waals surface area (Å²) >= 11 is 0. The van der Waals surface area contributed by atoms with E-state index in [0.29, 0.717) is 11.3 Å². The van der Waals surface area contributed by atoms with Crippen molar-refractivity contribution in [1.29, 1.82) is 0 Å². The quantitative estimate of drug-likeness (QED) is 0.850. The molecule has 1 heterocycles. The fourth-order valence-electron chi connectivity index (χ4n) is 3.29. The highest BCUT2D eigenvalue weighted by Crippen LogP contribution is 2.63. The number of piperidine rings is 1. The molecular formula is C16H19NO4. The van der Waals surface area contributed by atoms with Gasteiger partial charge < -0.3 is 9.84 Å². The van der Waals surface area contributed by atoms with Crippen LogP contribution >= 0.6 is 0 Å². The first-order chi connectivity index (χ1) is 9.87. The molecule has 5 heteroatoms. The molecule has 1 aromatic rings. The summed E-state index contributed by atoms with van der Waals surface area (Å²) in [5.41, 5.74) is 0.451. The Kier molecular flexibility index (Phi) is 3.06. The van der Waals surface area contributed by atoms with Crippen molar-refractivity contribution in [2.45, 2.75) is 20.0 Å². The summed E-state index contributed by atoms with van der Waals surface area (Å²) in [6, 6.07) is 6.96. The Morgan fingerprint density at radius 2 is 1.71 bits per heavy atom. The minimum absolute atomic E-state index is 0.0209. The number of β-amino-alcohol motifs (C(OH)–C–C–N with tert-alkyl or cyclic N) is 1. The maximum atomic E-state index is 12.2. The van der Waals surface area contributed by atoms with Crippen LogP contribution in [0.1, 0.15) is 25.5 Å². The lowest BCUT2D eigenvalue weighted by Gasteiger charge is -2.23. The standard InChI is InChI=1S/C16H19NO4/c1-16(2)12-13(16)15(20)17(14(12)19)8-11(18)9-4-6-10(21-3)7-5-9/h4-7,11-13,18H,8H2,1-3H3. The number of amides is 2. The van der Waals surface area contributed by atoms with Gasteiger partial charge in [-0.05, 0) is 23.1 Å². The number of carbonyl (C=O) groups excluding carboxylic acids is 2. The second-order valence-corrected chi connectivity index (χ2v) is 6.35. The van der Waals surface area contributed by atoms with E-state index in [1.807, 2.05) is 13.8 Å². The van der Waals surface area contributed by atoms with Crippen LogP contribution in [0.3, 0.4) is 0 Å². The molecule has 2 fully saturated rings. The molecule has 1 saturated carbocycles. The number of fused-ring (bicyclic) bond motifs is 1. The van der Waals surface area contributed by atoms with Crippen LogP contribution in [0.4, 0.5) is 0 Å². The van der Waals surface area contributed by atoms with Gasteiger partial charge in [-0.25, -0.2) is 0 Å². The number of carbonyl (C=O) groups is 2. The van der Waals surface area contributed by atoms with Crippen LogP contribution in [0.25, 0.3) is 0 Å². The summed E-state index contributed by atoms with van der Waals surface area (Å²) in [5.74, 6) is -0.00599. The number of nitrogens with zero attached hydrogens (tertiary/aromatic N) is 1. The zero-order valence-corrected chi connectivity index (χ0v) is 12.4. The van der Waals surface area contributed by atoms with E-state index in [0.717, 1.165) is 0 Å². The van der Waals surface area contributed by atoms with Crippen LogP contribution in [0.15, 0.2) is 24.3 Å².